The maximum Gasteiger partial charge on any atom is 0.491 e. The van der Waals surface area contributed by atoms with Gasteiger partial charge in [0.05, 0.1) is 25.6 Å². The maximum absolute atomic E-state index is 12.6. The molecule has 1 heterocycles. The van der Waals surface area contributed by atoms with Crippen LogP contribution in [0.2, 0.25) is 5.02 Å². The monoisotopic (exact) mass is 569 g/mol. The largest absolute Gasteiger partial charge is 0.507 e. The first-order valence-electron chi connectivity index (χ1n) is 11.4. The molecular formula is C24H23ClF3N5O6. The highest BCUT2D eigenvalue weighted by atomic mass is 35.5. The van der Waals surface area contributed by atoms with E-state index in [1.807, 2.05) is 0 Å². The molecule has 208 valence electrons. The molecule has 0 aromatic heterocycles. The molecule has 0 fully saturated rings. The number of esters is 2. The number of aryl methyl sites for hydroxylation is 1. The van der Waals surface area contributed by atoms with Crippen LogP contribution >= 0.6 is 11.6 Å². The molecule has 1 aliphatic heterocycles. The van der Waals surface area contributed by atoms with Crippen molar-refractivity contribution in [2.75, 3.05) is 25.0 Å². The minimum Gasteiger partial charge on any atom is -0.507 e. The number of phenolic OH excluding ortho intramolecular Hbond substituents is 1. The highest BCUT2D eigenvalue weighted by Crippen LogP contribution is 2.33. The Balaban J connectivity index is 1.68. The van der Waals surface area contributed by atoms with Crippen molar-refractivity contribution in [2.45, 2.75) is 25.6 Å². The lowest BCUT2D eigenvalue weighted by atomic mass is 9.99. The number of alkyl halides is 3. The van der Waals surface area contributed by atoms with E-state index in [1.165, 1.54) is 31.2 Å². The zero-order valence-corrected chi connectivity index (χ0v) is 21.1. The molecule has 11 nitrogen and oxygen atoms in total. The Morgan fingerprint density at radius 3 is 2.62 bits per heavy atom. The average molecular weight is 570 g/mol. The Hall–Kier alpha value is -4.33. The Bertz CT molecular complexity index is 1320. The number of amides is 2. The highest BCUT2D eigenvalue weighted by molar-refractivity contribution is 6.30. The maximum atomic E-state index is 12.6. The van der Waals surface area contributed by atoms with E-state index in [1.54, 1.807) is 12.1 Å². The van der Waals surface area contributed by atoms with Crippen LogP contribution in [-0.4, -0.2) is 60.6 Å². The summed E-state index contributed by atoms with van der Waals surface area (Å²) in [5, 5.41) is 21.3. The van der Waals surface area contributed by atoms with Crippen molar-refractivity contribution < 1.29 is 42.2 Å². The number of ether oxygens (including phenoxy) is 1. The standard InChI is InChI=1S/C24H23ClF3N5O6/c1-12-7-14(25)9-16(20(12)36)17(10-19(35)39-22(38)24(26,27)28)33-18(34)11-31-21(37)13-3-2-4-15(8-13)32-23-29-5-6-30-23/h2-4,7-9,17,36H,5-6,10-11H2,1H3,(H,31,37)(H,33,34)(H2,29,30,32)/t17-/m1/s1. The van der Waals surface area contributed by atoms with Crippen LogP contribution in [0.4, 0.5) is 18.9 Å². The molecule has 2 aromatic carbocycles. The molecule has 2 aromatic rings. The summed E-state index contributed by atoms with van der Waals surface area (Å²) in [7, 11) is 0. The van der Waals surface area contributed by atoms with Crippen molar-refractivity contribution in [1.82, 2.24) is 16.0 Å². The predicted octanol–water partition coefficient (Wildman–Crippen LogP) is 2.33. The summed E-state index contributed by atoms with van der Waals surface area (Å²) >= 11 is 6.00. The summed E-state index contributed by atoms with van der Waals surface area (Å²) in [5.74, 6) is -5.68. The summed E-state index contributed by atoms with van der Waals surface area (Å²) in [6.45, 7) is 2.16. The smallest absolute Gasteiger partial charge is 0.491 e. The first kappa shape index (κ1) is 29.2. The van der Waals surface area contributed by atoms with E-state index in [2.05, 4.69) is 31.0 Å². The number of aromatic hydroxyl groups is 1. The van der Waals surface area contributed by atoms with Gasteiger partial charge in [-0.05, 0) is 42.8 Å². The SMILES string of the molecule is Cc1cc(Cl)cc([C@@H](CC(=O)OC(=O)C(F)(F)F)NC(=O)CNC(=O)c2cccc(NC3=NCCN3)c2)c1O. The Morgan fingerprint density at radius 2 is 1.95 bits per heavy atom. The molecule has 5 N–H and O–H groups in total. The van der Waals surface area contributed by atoms with Crippen LogP contribution in [0, 0.1) is 6.92 Å². The van der Waals surface area contributed by atoms with Crippen molar-refractivity contribution in [1.29, 1.82) is 0 Å². The van der Waals surface area contributed by atoms with Gasteiger partial charge in [-0.2, -0.15) is 13.2 Å². The number of rotatable bonds is 8. The van der Waals surface area contributed by atoms with Crippen molar-refractivity contribution in [3.63, 3.8) is 0 Å². The number of anilines is 1. The van der Waals surface area contributed by atoms with E-state index in [0.717, 1.165) is 0 Å². The molecule has 0 spiro atoms. The van der Waals surface area contributed by atoms with E-state index in [4.69, 9.17) is 11.6 Å². The van der Waals surface area contributed by atoms with Gasteiger partial charge in [0.2, 0.25) is 5.91 Å². The fourth-order valence-electron chi connectivity index (χ4n) is 3.50. The number of aliphatic imine (C=N–C) groups is 1. The number of benzene rings is 2. The number of phenols is 1. The molecule has 3 rings (SSSR count). The van der Waals surface area contributed by atoms with Crippen molar-refractivity contribution in [3.05, 3.63) is 58.1 Å². The minimum absolute atomic E-state index is 0.0971. The Morgan fingerprint density at radius 1 is 1.21 bits per heavy atom. The normalized spacial score (nSPS) is 13.5. The molecule has 0 saturated carbocycles. The number of nitrogens with one attached hydrogen (secondary N) is 4. The fraction of sp³-hybridized carbons (Fsp3) is 0.292. The van der Waals surface area contributed by atoms with Gasteiger partial charge in [0.25, 0.3) is 5.91 Å². The van der Waals surface area contributed by atoms with E-state index in [0.29, 0.717) is 24.7 Å². The van der Waals surface area contributed by atoms with Gasteiger partial charge in [0.1, 0.15) is 5.75 Å². The molecule has 1 atom stereocenters. The second kappa shape index (κ2) is 12.5. The predicted molar refractivity (Wildman–Crippen MR) is 133 cm³/mol. The third-order valence-corrected chi connectivity index (χ3v) is 5.50. The number of carbonyl (C=O) groups excluding carboxylic acids is 4. The van der Waals surface area contributed by atoms with Gasteiger partial charge in [-0.1, -0.05) is 17.7 Å². The van der Waals surface area contributed by atoms with Gasteiger partial charge in [-0.15, -0.1) is 0 Å². The van der Waals surface area contributed by atoms with Gasteiger partial charge in [0, 0.05) is 28.4 Å². The number of hydrogen-bond acceptors (Lipinski definition) is 9. The van der Waals surface area contributed by atoms with E-state index in [9.17, 15) is 37.5 Å². The second-order valence-electron chi connectivity index (χ2n) is 8.29. The molecule has 0 aliphatic carbocycles. The lowest BCUT2D eigenvalue weighted by Crippen LogP contribution is -2.40. The minimum atomic E-state index is -5.42. The first-order chi connectivity index (χ1) is 18.3. The van der Waals surface area contributed by atoms with Gasteiger partial charge in [-0.3, -0.25) is 19.4 Å². The summed E-state index contributed by atoms with van der Waals surface area (Å²) in [5.41, 5.74) is 0.912. The fourth-order valence-corrected chi connectivity index (χ4v) is 3.78. The Kier molecular flexibility index (Phi) is 9.35. The molecule has 39 heavy (non-hydrogen) atoms. The summed E-state index contributed by atoms with van der Waals surface area (Å²) in [6, 6.07) is 7.47. The second-order valence-corrected chi connectivity index (χ2v) is 8.73. The third kappa shape index (κ3) is 8.33. The van der Waals surface area contributed by atoms with Gasteiger partial charge >= 0.3 is 18.1 Å². The van der Waals surface area contributed by atoms with Crippen LogP contribution in [0.15, 0.2) is 41.4 Å². The lowest BCUT2D eigenvalue weighted by molar-refractivity contribution is -0.202. The number of nitrogens with zero attached hydrogens (tertiary/aromatic N) is 1. The number of guanidine groups is 1. The van der Waals surface area contributed by atoms with E-state index < -0.39 is 54.7 Å². The van der Waals surface area contributed by atoms with Crippen molar-refractivity contribution in [2.24, 2.45) is 4.99 Å². The van der Waals surface area contributed by atoms with Gasteiger partial charge in [-0.25, -0.2) is 4.79 Å². The molecular weight excluding hydrogens is 547 g/mol. The molecule has 0 saturated heterocycles. The molecule has 2 amide bonds. The first-order valence-corrected chi connectivity index (χ1v) is 11.7. The third-order valence-electron chi connectivity index (χ3n) is 5.29. The molecule has 1 aliphatic rings. The highest BCUT2D eigenvalue weighted by Gasteiger charge is 2.42. The van der Waals surface area contributed by atoms with Crippen LogP contribution in [0.25, 0.3) is 0 Å². The number of halogens is 4. The number of hydrogen-bond donors (Lipinski definition) is 5. The van der Waals surface area contributed by atoms with Crippen LogP contribution in [0.1, 0.15) is 33.9 Å². The van der Waals surface area contributed by atoms with Crippen LogP contribution in [0.5, 0.6) is 5.75 Å². The lowest BCUT2D eigenvalue weighted by Gasteiger charge is -2.21. The van der Waals surface area contributed by atoms with Gasteiger partial charge < -0.3 is 31.1 Å². The average Bonchev–Trinajstić information content (AvgIpc) is 3.37. The molecule has 0 unspecified atom stereocenters. The molecule has 0 radical (unpaired) electrons. The van der Waals surface area contributed by atoms with Crippen LogP contribution < -0.4 is 21.3 Å². The zero-order valence-electron chi connectivity index (χ0n) is 20.3. The van der Waals surface area contributed by atoms with Crippen LogP contribution in [0.3, 0.4) is 0 Å². The molecule has 15 heteroatoms. The molecule has 0 bridgehead atoms. The van der Waals surface area contributed by atoms with E-state index in [-0.39, 0.29) is 21.7 Å². The quantitative estimate of drug-likeness (QED) is 0.239. The van der Waals surface area contributed by atoms with Crippen LogP contribution in [-0.2, 0) is 19.1 Å². The summed E-state index contributed by atoms with van der Waals surface area (Å²) in [6.07, 6.45) is -6.37. The topological polar surface area (TPSA) is 158 Å². The van der Waals surface area contributed by atoms with Crippen molar-refractivity contribution >= 4 is 47.0 Å². The van der Waals surface area contributed by atoms with E-state index >= 15 is 0 Å². The van der Waals surface area contributed by atoms with Gasteiger partial charge in [0.15, 0.2) is 5.96 Å². The Labute approximate surface area is 224 Å². The van der Waals surface area contributed by atoms with Crippen molar-refractivity contribution in [3.8, 4) is 5.75 Å². The number of carbonyl (C=O) groups is 4. The summed E-state index contributed by atoms with van der Waals surface area (Å²) in [4.78, 5) is 52.5. The summed E-state index contributed by atoms with van der Waals surface area (Å²) < 4.78 is 41.3. The zero-order chi connectivity index (χ0) is 28.7.